The fourth-order valence-electron chi connectivity index (χ4n) is 4.89. The van der Waals surface area contributed by atoms with Gasteiger partial charge < -0.3 is 19.0 Å². The first-order valence-corrected chi connectivity index (χ1v) is 12.9. The average molecular weight is 465 g/mol. The van der Waals surface area contributed by atoms with Crippen LogP contribution in [0.5, 0.6) is 0 Å². The third-order valence-electron chi connectivity index (χ3n) is 6.61. The maximum absolute atomic E-state index is 9.22. The summed E-state index contributed by atoms with van der Waals surface area (Å²) in [4.78, 5) is 0. The van der Waals surface area contributed by atoms with Gasteiger partial charge in [-0.2, -0.15) is 0 Å². The largest absolute Gasteiger partial charge is 0.468 e. The summed E-state index contributed by atoms with van der Waals surface area (Å²) >= 11 is 0. The third-order valence-corrected chi connectivity index (χ3v) is 6.61. The van der Waals surface area contributed by atoms with Crippen molar-refractivity contribution in [2.75, 3.05) is 13.2 Å². The Balaban J connectivity index is 2.19. The van der Waals surface area contributed by atoms with Crippen LogP contribution in [0, 0.1) is 0 Å². The van der Waals surface area contributed by atoms with E-state index >= 15 is 0 Å². The van der Waals surface area contributed by atoms with Gasteiger partial charge in [0, 0.05) is 48.3 Å². The number of furan rings is 2. The van der Waals surface area contributed by atoms with E-state index in [1.807, 2.05) is 12.5 Å². The Morgan fingerprint density at radius 2 is 1.21 bits per heavy atom. The van der Waals surface area contributed by atoms with Gasteiger partial charge in [0.15, 0.2) is 0 Å². The molecule has 0 saturated carbocycles. The van der Waals surface area contributed by atoms with Gasteiger partial charge in [0.25, 0.3) is 0 Å². The van der Waals surface area contributed by atoms with Crippen LogP contribution in [0.1, 0.15) is 92.2 Å². The SMILES string of the molecule is CCC(=C(c1coc(CCCCO)c1CC)c1coc(CCCCO)c1CC)c1ccccc1. The Labute approximate surface area is 204 Å². The molecule has 3 aromatic rings. The molecular formula is C30H40O4. The maximum atomic E-state index is 9.22. The van der Waals surface area contributed by atoms with E-state index in [1.165, 1.54) is 27.8 Å². The summed E-state index contributed by atoms with van der Waals surface area (Å²) in [5.74, 6) is 2.05. The highest BCUT2D eigenvalue weighted by atomic mass is 16.3. The number of rotatable bonds is 14. The van der Waals surface area contributed by atoms with Crippen molar-refractivity contribution >= 4 is 11.1 Å². The lowest BCUT2D eigenvalue weighted by molar-refractivity contribution is 0.282. The summed E-state index contributed by atoms with van der Waals surface area (Å²) in [6, 6.07) is 10.6. The van der Waals surface area contributed by atoms with Crippen molar-refractivity contribution in [3.8, 4) is 0 Å². The molecule has 34 heavy (non-hydrogen) atoms. The van der Waals surface area contributed by atoms with E-state index in [9.17, 15) is 10.2 Å². The average Bonchev–Trinajstić information content (AvgIpc) is 3.46. The van der Waals surface area contributed by atoms with Gasteiger partial charge in [-0.15, -0.1) is 0 Å². The van der Waals surface area contributed by atoms with Crippen molar-refractivity contribution in [2.24, 2.45) is 0 Å². The van der Waals surface area contributed by atoms with E-state index < -0.39 is 0 Å². The second-order valence-electron chi connectivity index (χ2n) is 8.74. The van der Waals surface area contributed by atoms with Crippen LogP contribution < -0.4 is 0 Å². The minimum absolute atomic E-state index is 0.210. The summed E-state index contributed by atoms with van der Waals surface area (Å²) in [5, 5.41) is 18.4. The van der Waals surface area contributed by atoms with Crippen LogP contribution in [-0.2, 0) is 25.7 Å². The number of allylic oxidation sites excluding steroid dienone is 1. The number of benzene rings is 1. The molecule has 0 aliphatic heterocycles. The molecular weight excluding hydrogens is 424 g/mol. The van der Waals surface area contributed by atoms with Crippen molar-refractivity contribution in [3.05, 3.63) is 82.2 Å². The van der Waals surface area contributed by atoms with Gasteiger partial charge in [0.05, 0.1) is 12.5 Å². The van der Waals surface area contributed by atoms with Crippen LogP contribution in [0.4, 0.5) is 0 Å². The molecule has 1 aromatic carbocycles. The first-order chi connectivity index (χ1) is 16.7. The summed E-state index contributed by atoms with van der Waals surface area (Å²) in [6.45, 7) is 7.01. The molecule has 2 heterocycles. The number of aliphatic hydroxyl groups is 2. The second-order valence-corrected chi connectivity index (χ2v) is 8.74. The predicted octanol–water partition coefficient (Wildman–Crippen LogP) is 7.00. The summed E-state index contributed by atoms with van der Waals surface area (Å²) in [5.41, 5.74) is 8.52. The van der Waals surface area contributed by atoms with Crippen molar-refractivity contribution in [1.82, 2.24) is 0 Å². The first-order valence-electron chi connectivity index (χ1n) is 12.9. The lowest BCUT2D eigenvalue weighted by atomic mass is 9.85. The normalized spacial score (nSPS) is 11.2. The number of aryl methyl sites for hydroxylation is 2. The summed E-state index contributed by atoms with van der Waals surface area (Å²) in [7, 11) is 0. The molecule has 0 atom stereocenters. The molecule has 0 spiro atoms. The minimum Gasteiger partial charge on any atom is -0.468 e. The van der Waals surface area contributed by atoms with E-state index in [2.05, 4.69) is 51.1 Å². The highest BCUT2D eigenvalue weighted by molar-refractivity contribution is 6.00. The maximum Gasteiger partial charge on any atom is 0.107 e. The Hall–Kier alpha value is -2.56. The number of hydrogen-bond donors (Lipinski definition) is 2. The summed E-state index contributed by atoms with van der Waals surface area (Å²) in [6.07, 6.45) is 11.6. The number of aliphatic hydroxyl groups excluding tert-OH is 2. The quantitative estimate of drug-likeness (QED) is 0.252. The molecule has 184 valence electrons. The molecule has 2 aromatic heterocycles. The van der Waals surface area contributed by atoms with Crippen molar-refractivity contribution in [2.45, 2.75) is 78.6 Å². The molecule has 0 saturated heterocycles. The van der Waals surface area contributed by atoms with E-state index in [0.29, 0.717) is 0 Å². The molecule has 0 aliphatic carbocycles. The Kier molecular flexibility index (Phi) is 10.2. The first kappa shape index (κ1) is 26.1. The topological polar surface area (TPSA) is 66.7 Å². The zero-order chi connectivity index (χ0) is 24.3. The van der Waals surface area contributed by atoms with Crippen LogP contribution in [-0.4, -0.2) is 23.4 Å². The highest BCUT2D eigenvalue weighted by Gasteiger charge is 2.24. The molecule has 4 heteroatoms. The molecule has 0 fully saturated rings. The number of unbranched alkanes of at least 4 members (excludes halogenated alkanes) is 2. The van der Waals surface area contributed by atoms with Crippen LogP contribution >= 0.6 is 0 Å². The fourth-order valence-corrected chi connectivity index (χ4v) is 4.89. The Morgan fingerprint density at radius 3 is 1.62 bits per heavy atom. The van der Waals surface area contributed by atoms with Gasteiger partial charge in [-0.1, -0.05) is 51.1 Å². The molecule has 0 unspecified atom stereocenters. The Morgan fingerprint density at radius 1 is 0.706 bits per heavy atom. The van der Waals surface area contributed by atoms with Crippen molar-refractivity contribution in [3.63, 3.8) is 0 Å². The molecule has 0 aliphatic rings. The van der Waals surface area contributed by atoms with Gasteiger partial charge in [-0.05, 0) is 61.7 Å². The van der Waals surface area contributed by atoms with Gasteiger partial charge in [-0.25, -0.2) is 0 Å². The lowest BCUT2D eigenvalue weighted by Gasteiger charge is -2.16. The zero-order valence-corrected chi connectivity index (χ0v) is 21.0. The van der Waals surface area contributed by atoms with E-state index in [0.717, 1.165) is 80.4 Å². The standard InChI is InChI=1S/C30H40O4/c1-4-23(22-14-8-7-9-15-22)30(26-20-33-28(24(26)5-2)16-10-12-18-31)27-21-34-29(25(27)6-3)17-11-13-19-32/h7-9,14-15,20-21,31-32H,4-6,10-13,16-19H2,1-3H3. The number of hydrogen-bond acceptors (Lipinski definition) is 4. The van der Waals surface area contributed by atoms with Crippen molar-refractivity contribution in [1.29, 1.82) is 0 Å². The zero-order valence-electron chi connectivity index (χ0n) is 21.0. The highest BCUT2D eigenvalue weighted by Crippen LogP contribution is 2.41. The van der Waals surface area contributed by atoms with E-state index in [4.69, 9.17) is 8.83 Å². The molecule has 3 rings (SSSR count). The van der Waals surface area contributed by atoms with Gasteiger partial charge in [0.1, 0.15) is 11.5 Å². The van der Waals surface area contributed by atoms with Crippen LogP contribution in [0.3, 0.4) is 0 Å². The smallest absolute Gasteiger partial charge is 0.107 e. The van der Waals surface area contributed by atoms with E-state index in [1.54, 1.807) is 0 Å². The predicted molar refractivity (Wildman–Crippen MR) is 139 cm³/mol. The monoisotopic (exact) mass is 464 g/mol. The van der Waals surface area contributed by atoms with Crippen LogP contribution in [0.2, 0.25) is 0 Å². The molecule has 0 amide bonds. The second kappa shape index (κ2) is 13.4. The van der Waals surface area contributed by atoms with Crippen LogP contribution in [0.25, 0.3) is 11.1 Å². The Bertz CT molecular complexity index is 981. The van der Waals surface area contributed by atoms with Gasteiger partial charge in [0.2, 0.25) is 0 Å². The minimum atomic E-state index is 0.210. The van der Waals surface area contributed by atoms with E-state index in [-0.39, 0.29) is 13.2 Å². The molecule has 0 bridgehead atoms. The fraction of sp³-hybridized carbons (Fsp3) is 0.467. The molecule has 0 radical (unpaired) electrons. The van der Waals surface area contributed by atoms with Crippen LogP contribution in [0.15, 0.2) is 51.7 Å². The van der Waals surface area contributed by atoms with Gasteiger partial charge in [-0.3, -0.25) is 0 Å². The summed E-state index contributed by atoms with van der Waals surface area (Å²) < 4.78 is 12.3. The van der Waals surface area contributed by atoms with Crippen molar-refractivity contribution < 1.29 is 19.0 Å². The molecule has 4 nitrogen and oxygen atoms in total. The molecule has 2 N–H and O–H groups in total. The third kappa shape index (κ3) is 5.92. The lowest BCUT2D eigenvalue weighted by Crippen LogP contribution is -2.01. The van der Waals surface area contributed by atoms with Gasteiger partial charge >= 0.3 is 0 Å².